The third-order valence-electron chi connectivity index (χ3n) is 2.90. The first-order chi connectivity index (χ1) is 9.76. The van der Waals surface area contributed by atoms with Gasteiger partial charge in [0.1, 0.15) is 0 Å². The maximum absolute atomic E-state index is 11.3. The molecule has 3 rings (SSSR count). The van der Waals surface area contributed by atoms with Gasteiger partial charge in [0.15, 0.2) is 11.2 Å². The van der Waals surface area contributed by atoms with Crippen LogP contribution in [0.15, 0.2) is 47.0 Å². The number of oxazole rings is 1. The highest BCUT2D eigenvalue weighted by Crippen LogP contribution is 2.24. The van der Waals surface area contributed by atoms with Gasteiger partial charge in [-0.3, -0.25) is 4.79 Å². The van der Waals surface area contributed by atoms with Crippen LogP contribution < -0.4 is 5.32 Å². The largest absolute Gasteiger partial charge is 0.434 e. The molecule has 0 aliphatic rings. The van der Waals surface area contributed by atoms with E-state index in [-0.39, 0.29) is 5.91 Å². The maximum atomic E-state index is 11.3. The van der Waals surface area contributed by atoms with Crippen LogP contribution >= 0.6 is 0 Å². The zero-order chi connectivity index (χ0) is 13.9. The number of aromatic nitrogens is 2. The molecule has 0 bridgehead atoms. The predicted octanol–water partition coefficient (Wildman–Crippen LogP) is 3.24. The van der Waals surface area contributed by atoms with E-state index in [1.54, 1.807) is 12.3 Å². The van der Waals surface area contributed by atoms with E-state index in [4.69, 9.17) is 4.42 Å². The lowest BCUT2D eigenvalue weighted by atomic mass is 10.2. The van der Waals surface area contributed by atoms with Gasteiger partial charge in [-0.25, -0.2) is 4.98 Å². The first-order valence-corrected chi connectivity index (χ1v) is 6.38. The van der Waals surface area contributed by atoms with E-state index in [0.29, 0.717) is 23.5 Å². The number of nitrogens with one attached hydrogen (secondary N) is 1. The summed E-state index contributed by atoms with van der Waals surface area (Å²) in [6, 6.07) is 11.0. The summed E-state index contributed by atoms with van der Waals surface area (Å²) in [6.07, 6.45) is 2.14. The fourth-order valence-corrected chi connectivity index (χ4v) is 1.84. The number of rotatable bonds is 3. The Kier molecular flexibility index (Phi) is 3.16. The highest BCUT2D eigenvalue weighted by atomic mass is 16.3. The molecular weight excluding hydrogens is 254 g/mol. The number of pyridine rings is 1. The quantitative estimate of drug-likeness (QED) is 0.791. The highest BCUT2D eigenvalue weighted by Gasteiger charge is 2.08. The monoisotopic (exact) mass is 267 g/mol. The van der Waals surface area contributed by atoms with Crippen molar-refractivity contribution >= 4 is 22.8 Å². The molecule has 0 saturated carbocycles. The maximum Gasteiger partial charge on any atom is 0.228 e. The SMILES string of the molecule is CCC(=O)Nc1ccc(-c2nc3ncccc3o2)cc1. The lowest BCUT2D eigenvalue weighted by Gasteiger charge is -2.03. The van der Waals surface area contributed by atoms with Crippen LogP contribution in [0.5, 0.6) is 0 Å². The molecule has 1 N–H and O–H groups in total. The van der Waals surface area contributed by atoms with Crippen molar-refractivity contribution in [1.82, 2.24) is 9.97 Å². The zero-order valence-electron chi connectivity index (χ0n) is 11.0. The molecule has 2 heterocycles. The molecule has 2 aromatic heterocycles. The van der Waals surface area contributed by atoms with Gasteiger partial charge >= 0.3 is 0 Å². The fraction of sp³-hybridized carbons (Fsp3) is 0.133. The summed E-state index contributed by atoms with van der Waals surface area (Å²) in [5.74, 6) is 0.510. The van der Waals surface area contributed by atoms with Crippen molar-refractivity contribution in [3.63, 3.8) is 0 Å². The standard InChI is InChI=1S/C15H13N3O2/c1-2-13(19)17-11-7-5-10(6-8-11)15-18-14-12(20-15)4-3-9-16-14/h3-9H,2H2,1H3,(H,17,19). The summed E-state index contributed by atoms with van der Waals surface area (Å²) in [4.78, 5) is 19.8. The second-order valence-corrected chi connectivity index (χ2v) is 4.32. The number of carbonyl (C=O) groups is 1. The molecule has 1 aromatic carbocycles. The molecular formula is C15H13N3O2. The highest BCUT2D eigenvalue weighted by molar-refractivity contribution is 5.90. The van der Waals surface area contributed by atoms with Crippen LogP contribution in [0.1, 0.15) is 13.3 Å². The number of anilines is 1. The van der Waals surface area contributed by atoms with Crippen LogP contribution in [0.25, 0.3) is 22.7 Å². The molecule has 5 nitrogen and oxygen atoms in total. The molecule has 0 radical (unpaired) electrons. The van der Waals surface area contributed by atoms with Gasteiger partial charge in [-0.05, 0) is 36.4 Å². The molecule has 1 amide bonds. The number of amides is 1. The molecule has 0 aliphatic heterocycles. The second kappa shape index (κ2) is 5.13. The second-order valence-electron chi connectivity index (χ2n) is 4.32. The summed E-state index contributed by atoms with van der Waals surface area (Å²) in [7, 11) is 0. The molecule has 0 aliphatic carbocycles. The van der Waals surface area contributed by atoms with Crippen molar-refractivity contribution in [1.29, 1.82) is 0 Å². The first kappa shape index (κ1) is 12.3. The summed E-state index contributed by atoms with van der Waals surface area (Å²) in [5, 5.41) is 2.79. The van der Waals surface area contributed by atoms with Gasteiger partial charge in [-0.1, -0.05) is 6.92 Å². The Bertz CT molecular complexity index is 714. The molecule has 20 heavy (non-hydrogen) atoms. The van der Waals surface area contributed by atoms with Gasteiger partial charge in [0, 0.05) is 23.9 Å². The number of nitrogens with zero attached hydrogens (tertiary/aromatic N) is 2. The van der Waals surface area contributed by atoms with Gasteiger partial charge in [0.05, 0.1) is 0 Å². The topological polar surface area (TPSA) is 68.0 Å². The number of carbonyl (C=O) groups excluding carboxylic acids is 1. The number of fused-ring (bicyclic) bond motifs is 1. The molecule has 0 saturated heterocycles. The Labute approximate surface area is 115 Å². The Morgan fingerprint density at radius 3 is 2.75 bits per heavy atom. The van der Waals surface area contributed by atoms with Crippen molar-refractivity contribution in [2.75, 3.05) is 5.32 Å². The van der Waals surface area contributed by atoms with E-state index in [2.05, 4.69) is 15.3 Å². The minimum absolute atomic E-state index is 0.0104. The van der Waals surface area contributed by atoms with Gasteiger partial charge in [0.2, 0.25) is 11.8 Å². The molecule has 3 aromatic rings. The smallest absolute Gasteiger partial charge is 0.228 e. The number of benzene rings is 1. The van der Waals surface area contributed by atoms with Crippen LogP contribution in [-0.4, -0.2) is 15.9 Å². The van der Waals surface area contributed by atoms with Crippen molar-refractivity contribution in [3.05, 3.63) is 42.6 Å². The summed E-state index contributed by atoms with van der Waals surface area (Å²) >= 11 is 0. The molecule has 0 fully saturated rings. The van der Waals surface area contributed by atoms with E-state index in [9.17, 15) is 4.79 Å². The molecule has 100 valence electrons. The van der Waals surface area contributed by atoms with Crippen LogP contribution in [0.2, 0.25) is 0 Å². The van der Waals surface area contributed by atoms with Crippen molar-refractivity contribution in [2.45, 2.75) is 13.3 Å². The average molecular weight is 267 g/mol. The lowest BCUT2D eigenvalue weighted by molar-refractivity contribution is -0.115. The molecule has 0 spiro atoms. The Hall–Kier alpha value is -2.69. The van der Waals surface area contributed by atoms with Gasteiger partial charge < -0.3 is 9.73 Å². The normalized spacial score (nSPS) is 10.7. The van der Waals surface area contributed by atoms with Gasteiger partial charge in [0.25, 0.3) is 0 Å². The molecule has 0 atom stereocenters. The Balaban J connectivity index is 1.88. The van der Waals surface area contributed by atoms with Gasteiger partial charge in [-0.15, -0.1) is 0 Å². The van der Waals surface area contributed by atoms with Crippen LogP contribution in [0, 0.1) is 0 Å². The Morgan fingerprint density at radius 1 is 1.25 bits per heavy atom. The zero-order valence-corrected chi connectivity index (χ0v) is 11.0. The predicted molar refractivity (Wildman–Crippen MR) is 76.2 cm³/mol. The molecule has 5 heteroatoms. The molecule has 0 unspecified atom stereocenters. The number of hydrogen-bond donors (Lipinski definition) is 1. The van der Waals surface area contributed by atoms with Gasteiger partial charge in [-0.2, -0.15) is 4.98 Å². The third-order valence-corrected chi connectivity index (χ3v) is 2.90. The van der Waals surface area contributed by atoms with E-state index >= 15 is 0 Å². The minimum atomic E-state index is -0.0104. The Morgan fingerprint density at radius 2 is 2.05 bits per heavy atom. The minimum Gasteiger partial charge on any atom is -0.434 e. The fourth-order valence-electron chi connectivity index (χ4n) is 1.84. The van der Waals surface area contributed by atoms with Crippen molar-refractivity contribution in [2.24, 2.45) is 0 Å². The van der Waals surface area contributed by atoms with Crippen LogP contribution in [-0.2, 0) is 4.79 Å². The first-order valence-electron chi connectivity index (χ1n) is 6.38. The average Bonchev–Trinajstić information content (AvgIpc) is 2.91. The van der Waals surface area contributed by atoms with Crippen molar-refractivity contribution in [3.8, 4) is 11.5 Å². The van der Waals surface area contributed by atoms with Crippen molar-refractivity contribution < 1.29 is 9.21 Å². The van der Waals surface area contributed by atoms with E-state index in [1.165, 1.54) is 0 Å². The third kappa shape index (κ3) is 2.38. The summed E-state index contributed by atoms with van der Waals surface area (Å²) in [5.41, 5.74) is 2.85. The number of hydrogen-bond acceptors (Lipinski definition) is 4. The summed E-state index contributed by atoms with van der Waals surface area (Å²) < 4.78 is 5.64. The van der Waals surface area contributed by atoms with E-state index < -0.39 is 0 Å². The summed E-state index contributed by atoms with van der Waals surface area (Å²) in [6.45, 7) is 1.81. The van der Waals surface area contributed by atoms with E-state index in [0.717, 1.165) is 11.3 Å². The van der Waals surface area contributed by atoms with Crippen LogP contribution in [0.4, 0.5) is 5.69 Å². The van der Waals surface area contributed by atoms with Crippen LogP contribution in [0.3, 0.4) is 0 Å². The lowest BCUT2D eigenvalue weighted by Crippen LogP contribution is -2.08. The van der Waals surface area contributed by atoms with E-state index in [1.807, 2.05) is 37.3 Å².